The quantitative estimate of drug-likeness (QED) is 0.197. The van der Waals surface area contributed by atoms with E-state index in [9.17, 15) is 24.8 Å². The van der Waals surface area contributed by atoms with Crippen LogP contribution in [-0.4, -0.2) is 33.7 Å². The minimum atomic E-state index is -0.883. The molecule has 0 aliphatic carbocycles. The number of rotatable bonds is 6. The summed E-state index contributed by atoms with van der Waals surface area (Å²) in [5, 5.41) is 24.1. The molecule has 1 atom stereocenters. The van der Waals surface area contributed by atoms with Crippen LogP contribution in [0.2, 0.25) is 0 Å². The number of methoxy groups -OCH3 is 1. The normalized spacial score (nSPS) is 17.5. The highest BCUT2D eigenvalue weighted by molar-refractivity contribution is 7.09. The molecule has 8 nitrogen and oxygen atoms in total. The molecule has 1 unspecified atom stereocenters. The molecule has 2 heterocycles. The number of hydrogen-bond donors (Lipinski definition) is 1. The molecule has 1 N–H and O–H groups in total. The molecule has 3 aromatic rings. The van der Waals surface area contributed by atoms with Gasteiger partial charge in [0.1, 0.15) is 11.5 Å². The van der Waals surface area contributed by atoms with Crippen molar-refractivity contribution >= 4 is 34.5 Å². The molecule has 2 aromatic carbocycles. The number of nitrogens with zero attached hydrogens (tertiary/aromatic N) is 2. The maximum Gasteiger partial charge on any atom is 0.295 e. The van der Waals surface area contributed by atoms with Crippen molar-refractivity contribution in [2.45, 2.75) is 12.6 Å². The van der Waals surface area contributed by atoms with Crippen LogP contribution in [0.3, 0.4) is 0 Å². The van der Waals surface area contributed by atoms with Gasteiger partial charge >= 0.3 is 0 Å². The molecule has 9 heteroatoms. The van der Waals surface area contributed by atoms with Gasteiger partial charge in [0.05, 0.1) is 30.2 Å². The summed E-state index contributed by atoms with van der Waals surface area (Å²) in [6, 6.07) is 15.0. The van der Waals surface area contributed by atoms with Crippen LogP contribution in [0.5, 0.6) is 5.75 Å². The summed E-state index contributed by atoms with van der Waals surface area (Å²) in [4.78, 5) is 38.9. The van der Waals surface area contributed by atoms with Crippen molar-refractivity contribution in [2.24, 2.45) is 0 Å². The number of aliphatic hydroxyl groups is 1. The molecule has 0 spiro atoms. The van der Waals surface area contributed by atoms with Gasteiger partial charge in [-0.1, -0.05) is 30.3 Å². The van der Waals surface area contributed by atoms with Gasteiger partial charge in [0.25, 0.3) is 17.4 Å². The molecule has 0 bridgehead atoms. The third-order valence-corrected chi connectivity index (χ3v) is 6.05. The van der Waals surface area contributed by atoms with Crippen LogP contribution in [0.15, 0.2) is 71.6 Å². The Labute approximate surface area is 187 Å². The van der Waals surface area contributed by atoms with Gasteiger partial charge < -0.3 is 14.7 Å². The number of hydrogen-bond acceptors (Lipinski definition) is 7. The van der Waals surface area contributed by atoms with Gasteiger partial charge in [0.2, 0.25) is 0 Å². The maximum absolute atomic E-state index is 13.0. The van der Waals surface area contributed by atoms with E-state index in [1.54, 1.807) is 24.3 Å². The molecular formula is C23H18N2O6S. The lowest BCUT2D eigenvalue weighted by molar-refractivity contribution is -0.384. The van der Waals surface area contributed by atoms with Gasteiger partial charge in [0.15, 0.2) is 0 Å². The van der Waals surface area contributed by atoms with Crippen LogP contribution in [0, 0.1) is 10.1 Å². The molecule has 1 aromatic heterocycles. The number of Topliss-reactive ketones (excluding diaryl/α,β-unsaturated/α-hetero) is 1. The monoisotopic (exact) mass is 450 g/mol. The van der Waals surface area contributed by atoms with Crippen LogP contribution in [0.25, 0.3) is 5.76 Å². The second kappa shape index (κ2) is 8.64. The number of benzene rings is 2. The predicted octanol–water partition coefficient (Wildman–Crippen LogP) is 4.29. The summed E-state index contributed by atoms with van der Waals surface area (Å²) in [6.07, 6.45) is 0. The molecule has 162 valence electrons. The summed E-state index contributed by atoms with van der Waals surface area (Å²) < 4.78 is 5.29. The first-order valence-corrected chi connectivity index (χ1v) is 10.5. The highest BCUT2D eigenvalue weighted by atomic mass is 32.1. The standard InChI is InChI=1S/C23H18N2O6S/c1-31-17-8-3-5-14(12-17)20-19(21(26)15-6-2-7-16(11-15)25(29)30)22(27)23(28)24(20)13-18-9-4-10-32-18/h2-12,20,26H,13H2,1H3/b21-19-. The van der Waals surface area contributed by atoms with Crippen LogP contribution >= 0.6 is 11.3 Å². The minimum absolute atomic E-state index is 0.0845. The Morgan fingerprint density at radius 2 is 1.94 bits per heavy atom. The van der Waals surface area contributed by atoms with Crippen molar-refractivity contribution in [1.29, 1.82) is 0 Å². The molecule has 1 amide bonds. The van der Waals surface area contributed by atoms with E-state index in [1.165, 1.54) is 47.6 Å². The summed E-state index contributed by atoms with van der Waals surface area (Å²) in [6.45, 7) is 0.176. The van der Waals surface area contributed by atoms with Crippen molar-refractivity contribution in [2.75, 3.05) is 7.11 Å². The zero-order chi connectivity index (χ0) is 22.8. The molecule has 1 aliphatic heterocycles. The van der Waals surface area contributed by atoms with Crippen molar-refractivity contribution in [3.63, 3.8) is 0 Å². The van der Waals surface area contributed by atoms with Crippen LogP contribution in [0.4, 0.5) is 5.69 Å². The van der Waals surface area contributed by atoms with Crippen molar-refractivity contribution in [1.82, 2.24) is 4.90 Å². The zero-order valence-electron chi connectivity index (χ0n) is 16.9. The fourth-order valence-corrected chi connectivity index (χ4v) is 4.40. The first-order valence-electron chi connectivity index (χ1n) is 9.60. The highest BCUT2D eigenvalue weighted by Crippen LogP contribution is 2.41. The maximum atomic E-state index is 13.0. The molecule has 4 rings (SSSR count). The van der Waals surface area contributed by atoms with Crippen molar-refractivity contribution < 1.29 is 24.4 Å². The van der Waals surface area contributed by atoms with E-state index in [-0.39, 0.29) is 23.4 Å². The molecular weight excluding hydrogens is 432 g/mol. The van der Waals surface area contributed by atoms with Gasteiger partial charge in [-0.15, -0.1) is 11.3 Å². The number of thiophene rings is 1. The highest BCUT2D eigenvalue weighted by Gasteiger charge is 2.46. The number of nitro groups is 1. The lowest BCUT2D eigenvalue weighted by Gasteiger charge is -2.25. The van der Waals surface area contributed by atoms with E-state index in [0.717, 1.165) is 4.88 Å². The zero-order valence-corrected chi connectivity index (χ0v) is 17.7. The second-order valence-electron chi connectivity index (χ2n) is 7.09. The Hall–Kier alpha value is -3.98. The van der Waals surface area contributed by atoms with Crippen molar-refractivity contribution in [3.05, 3.63) is 97.7 Å². The topological polar surface area (TPSA) is 110 Å². The molecule has 0 radical (unpaired) electrons. The van der Waals surface area contributed by atoms with Crippen LogP contribution < -0.4 is 4.74 Å². The van der Waals surface area contributed by atoms with Gasteiger partial charge in [-0.25, -0.2) is 0 Å². The van der Waals surface area contributed by atoms with E-state index in [1.807, 2.05) is 17.5 Å². The van der Waals surface area contributed by atoms with Crippen LogP contribution in [-0.2, 0) is 16.1 Å². The Morgan fingerprint density at radius 3 is 2.62 bits per heavy atom. The van der Waals surface area contributed by atoms with E-state index < -0.39 is 28.4 Å². The fraction of sp³-hybridized carbons (Fsp3) is 0.130. The summed E-state index contributed by atoms with van der Waals surface area (Å²) in [5.41, 5.74) is 0.299. The number of ketones is 1. The van der Waals surface area contributed by atoms with Gasteiger partial charge in [-0.2, -0.15) is 0 Å². The fourth-order valence-electron chi connectivity index (χ4n) is 3.69. The number of non-ortho nitro benzene ring substituents is 1. The van der Waals surface area contributed by atoms with Gasteiger partial charge in [-0.3, -0.25) is 19.7 Å². The molecule has 1 aliphatic rings. The minimum Gasteiger partial charge on any atom is -0.507 e. The Balaban J connectivity index is 1.89. The third kappa shape index (κ3) is 3.85. The average Bonchev–Trinajstić information content (AvgIpc) is 3.41. The molecule has 1 fully saturated rings. The van der Waals surface area contributed by atoms with Crippen LogP contribution in [0.1, 0.15) is 22.0 Å². The largest absolute Gasteiger partial charge is 0.507 e. The average molecular weight is 450 g/mol. The van der Waals surface area contributed by atoms with Gasteiger partial charge in [-0.05, 0) is 29.1 Å². The number of carbonyl (C=O) groups excluding carboxylic acids is 2. The number of amides is 1. The summed E-state index contributed by atoms with van der Waals surface area (Å²) in [5.74, 6) is -1.54. The SMILES string of the molecule is COc1cccc(C2/C(=C(/O)c3cccc([N+](=O)[O-])c3)C(=O)C(=O)N2Cc2cccs2)c1. The molecule has 1 saturated heterocycles. The van der Waals surface area contributed by atoms with E-state index in [0.29, 0.717) is 11.3 Å². The number of aliphatic hydroxyl groups excluding tert-OH is 1. The van der Waals surface area contributed by atoms with E-state index in [2.05, 4.69) is 0 Å². The lowest BCUT2D eigenvalue weighted by Crippen LogP contribution is -2.28. The summed E-state index contributed by atoms with van der Waals surface area (Å²) in [7, 11) is 1.50. The third-order valence-electron chi connectivity index (χ3n) is 5.19. The summed E-state index contributed by atoms with van der Waals surface area (Å²) >= 11 is 1.45. The van der Waals surface area contributed by atoms with Crippen molar-refractivity contribution in [3.8, 4) is 5.75 Å². The Bertz CT molecular complexity index is 1230. The predicted molar refractivity (Wildman–Crippen MR) is 118 cm³/mol. The second-order valence-corrected chi connectivity index (χ2v) is 8.12. The van der Waals surface area contributed by atoms with Gasteiger partial charge in [0, 0.05) is 22.6 Å². The molecule has 32 heavy (non-hydrogen) atoms. The number of ether oxygens (including phenoxy) is 1. The first-order chi connectivity index (χ1) is 15.4. The number of nitro benzene ring substituents is 1. The molecule has 0 saturated carbocycles. The number of likely N-dealkylation sites (tertiary alicyclic amines) is 1. The van der Waals surface area contributed by atoms with E-state index >= 15 is 0 Å². The lowest BCUT2D eigenvalue weighted by atomic mass is 9.95. The Morgan fingerprint density at radius 1 is 1.16 bits per heavy atom. The van der Waals surface area contributed by atoms with E-state index in [4.69, 9.17) is 4.74 Å². The Kier molecular flexibility index (Phi) is 5.74. The number of carbonyl (C=O) groups is 2. The first kappa shape index (κ1) is 21.3. The smallest absolute Gasteiger partial charge is 0.295 e.